The average Bonchev–Trinajstić information content (AvgIpc) is 1.72. The second-order valence-electron chi connectivity index (χ2n) is 0.821. The normalized spacial score (nSPS) is 21.3. The molecule has 3 heteroatoms. The Kier molecular flexibility index (Phi) is 4.19. The van der Waals surface area contributed by atoms with Crippen molar-refractivity contribution >= 4 is 47.3 Å². The van der Waals surface area contributed by atoms with E-state index in [0.29, 0.717) is 34.1 Å². The van der Waals surface area contributed by atoms with Crippen LogP contribution in [0.5, 0.6) is 0 Å². The quantitative estimate of drug-likeness (QED) is 0.477. The molecular weight excluding hydrogens is 419 g/mol. The summed E-state index contributed by atoms with van der Waals surface area (Å²) in [6.45, 7) is 0. The third kappa shape index (κ3) is 2.42. The molecule has 6 heavy (non-hydrogen) atoms. The van der Waals surface area contributed by atoms with Crippen LogP contribution in [0.1, 0.15) is 0 Å². The fourth-order valence-electron chi connectivity index (χ4n) is 0.196. The van der Waals surface area contributed by atoms with Gasteiger partial charge < -0.3 is 0 Å². The van der Waals surface area contributed by atoms with E-state index in [1.165, 1.54) is 4.47 Å². The number of hydrogen-bond donors (Lipinski definition) is 0. The summed E-state index contributed by atoms with van der Waals surface area (Å²) in [6, 6.07) is 0. The van der Waals surface area contributed by atoms with Gasteiger partial charge in [-0.1, -0.05) is 0 Å². The molecule has 0 amide bonds. The topological polar surface area (TPSA) is 0 Å². The van der Waals surface area contributed by atoms with E-state index in [9.17, 15) is 0 Å². The first-order chi connectivity index (χ1) is 3.00. The summed E-state index contributed by atoms with van der Waals surface area (Å²) in [6.07, 6.45) is 2.42. The summed E-state index contributed by atoms with van der Waals surface area (Å²) < 4.78 is 4.03. The molecule has 0 N–H and O–H groups in total. The Morgan fingerprint density at radius 1 is 1.50 bits per heavy atom. The van der Waals surface area contributed by atoms with Crippen molar-refractivity contribution in [3.8, 4) is 0 Å². The molecule has 34 valence electrons. The standard InChI is InChI=1S/C3H4Te3/c1-2-4-6-5-3-1/h1-2H,3H2. The van der Waals surface area contributed by atoms with Gasteiger partial charge in [-0.2, -0.15) is 0 Å². The van der Waals surface area contributed by atoms with E-state index in [0.717, 1.165) is 13.2 Å². The second-order valence-corrected chi connectivity index (χ2v) is 32.4. The predicted octanol–water partition coefficient (Wildman–Crippen LogP) is -0.125. The van der Waals surface area contributed by atoms with E-state index in [1.807, 2.05) is 0 Å². The molecule has 0 aromatic rings. The van der Waals surface area contributed by atoms with Gasteiger partial charge in [0.25, 0.3) is 0 Å². The Morgan fingerprint density at radius 3 is 2.67 bits per heavy atom. The van der Waals surface area contributed by atoms with Crippen molar-refractivity contribution in [3.05, 3.63) is 10.2 Å². The third-order valence-corrected chi connectivity index (χ3v) is 33.2. The summed E-state index contributed by atoms with van der Waals surface area (Å²) in [5, 5.41) is 0. The molecule has 0 fully saturated rings. The predicted molar refractivity (Wildman–Crippen MR) is 31.2 cm³/mol. The van der Waals surface area contributed by atoms with Gasteiger partial charge in [-0.25, -0.2) is 0 Å². The van der Waals surface area contributed by atoms with E-state index in [2.05, 4.69) is 10.2 Å². The first-order valence-corrected chi connectivity index (χ1v) is 19.3. The van der Waals surface area contributed by atoms with Crippen molar-refractivity contribution in [2.24, 2.45) is 0 Å². The molecule has 1 rings (SSSR count). The summed E-state index contributed by atoms with van der Waals surface area (Å²) in [5.41, 5.74) is 0. The Hall–Kier alpha value is 2.11. The minimum absolute atomic E-state index is 0.579. The van der Waals surface area contributed by atoms with Crippen LogP contribution in [0.2, 0.25) is 4.47 Å². The summed E-state index contributed by atoms with van der Waals surface area (Å²) in [4.78, 5) is 0. The molecule has 1 heterocycles. The van der Waals surface area contributed by atoms with E-state index in [1.54, 1.807) is 0 Å². The van der Waals surface area contributed by atoms with E-state index < -0.39 is 0 Å². The van der Waals surface area contributed by atoms with Gasteiger partial charge in [-0.15, -0.1) is 0 Å². The molecule has 0 nitrogen and oxygen atoms in total. The first-order valence-electron chi connectivity index (χ1n) is 1.60. The van der Waals surface area contributed by atoms with Crippen LogP contribution in [-0.2, 0) is 0 Å². The fraction of sp³-hybridized carbons (Fsp3) is 0.333. The maximum atomic E-state index is 2.49. The van der Waals surface area contributed by atoms with Crippen LogP contribution < -0.4 is 0 Å². The molecular formula is C3H4Te3. The van der Waals surface area contributed by atoms with Gasteiger partial charge in [-0.3, -0.25) is 0 Å². The number of hydrogen-bond acceptors (Lipinski definition) is 0. The van der Waals surface area contributed by atoms with E-state index >= 15 is 0 Å². The van der Waals surface area contributed by atoms with Gasteiger partial charge in [0.2, 0.25) is 0 Å². The van der Waals surface area contributed by atoms with Gasteiger partial charge in [0.1, 0.15) is 0 Å². The Bertz CT molecular complexity index is 51.1. The monoisotopic (exact) mass is 430 g/mol. The SMILES string of the molecule is C1=C[Te][Te][Te]C1. The molecule has 1 aliphatic heterocycles. The molecule has 0 unspecified atom stereocenters. The zero-order valence-corrected chi connectivity index (χ0v) is 10.1. The molecule has 0 saturated carbocycles. The summed E-state index contributed by atoms with van der Waals surface area (Å²) in [5.74, 6) is 0. The van der Waals surface area contributed by atoms with Gasteiger partial charge >= 0.3 is 62.0 Å². The Balaban J connectivity index is 2.26. The van der Waals surface area contributed by atoms with Crippen LogP contribution in [0.3, 0.4) is 0 Å². The van der Waals surface area contributed by atoms with Crippen molar-refractivity contribution in [2.75, 3.05) is 0 Å². The van der Waals surface area contributed by atoms with Crippen LogP contribution in [-0.4, -0.2) is 47.3 Å². The van der Waals surface area contributed by atoms with Crippen molar-refractivity contribution in [2.45, 2.75) is 4.47 Å². The van der Waals surface area contributed by atoms with Crippen molar-refractivity contribution in [1.82, 2.24) is 0 Å². The number of rotatable bonds is 0. The molecule has 0 aliphatic carbocycles. The van der Waals surface area contributed by atoms with Crippen LogP contribution in [0, 0.1) is 0 Å². The zero-order chi connectivity index (χ0) is 4.24. The van der Waals surface area contributed by atoms with Gasteiger partial charge in [-0.05, 0) is 0 Å². The van der Waals surface area contributed by atoms with E-state index in [-0.39, 0.29) is 0 Å². The van der Waals surface area contributed by atoms with Crippen LogP contribution in [0.15, 0.2) is 10.2 Å². The van der Waals surface area contributed by atoms with Crippen LogP contribution in [0.4, 0.5) is 0 Å². The molecule has 0 saturated heterocycles. The molecule has 0 radical (unpaired) electrons. The fourth-order valence-corrected chi connectivity index (χ4v) is 28.9. The van der Waals surface area contributed by atoms with Crippen molar-refractivity contribution in [3.63, 3.8) is 0 Å². The van der Waals surface area contributed by atoms with Crippen LogP contribution in [0.25, 0.3) is 0 Å². The number of allylic oxidation sites excluding steroid dienone is 1. The van der Waals surface area contributed by atoms with Crippen molar-refractivity contribution < 1.29 is 0 Å². The maximum absolute atomic E-state index is 2.49. The summed E-state index contributed by atoms with van der Waals surface area (Å²) >= 11 is 2.00. The minimum atomic E-state index is 0.579. The van der Waals surface area contributed by atoms with Crippen LogP contribution >= 0.6 is 0 Å². The van der Waals surface area contributed by atoms with Gasteiger partial charge in [0.15, 0.2) is 0 Å². The average molecular weight is 423 g/mol. The Morgan fingerprint density at radius 2 is 2.50 bits per heavy atom. The molecule has 0 bridgehead atoms. The molecule has 0 aromatic carbocycles. The van der Waals surface area contributed by atoms with Gasteiger partial charge in [0.05, 0.1) is 0 Å². The van der Waals surface area contributed by atoms with Gasteiger partial charge in [0, 0.05) is 0 Å². The molecule has 1 aliphatic rings. The second kappa shape index (κ2) is 4.03. The molecule has 0 spiro atoms. The first kappa shape index (κ1) is 6.23. The molecule has 0 aromatic heterocycles. The van der Waals surface area contributed by atoms with Crippen molar-refractivity contribution in [1.29, 1.82) is 0 Å². The molecule has 0 atom stereocenters. The third-order valence-electron chi connectivity index (χ3n) is 0.403. The Labute approximate surface area is 60.7 Å². The summed E-state index contributed by atoms with van der Waals surface area (Å²) in [7, 11) is 0. The van der Waals surface area contributed by atoms with E-state index in [4.69, 9.17) is 0 Å². The zero-order valence-electron chi connectivity index (χ0n) is 3.09.